The summed E-state index contributed by atoms with van der Waals surface area (Å²) < 4.78 is 17.0. The number of rotatable bonds is 64. The van der Waals surface area contributed by atoms with Crippen molar-refractivity contribution in [2.75, 3.05) is 13.2 Å². The molecular weight excluding hydrogens is 985 g/mol. The van der Waals surface area contributed by atoms with Crippen LogP contribution in [0.1, 0.15) is 361 Å². The predicted octanol–water partition coefficient (Wildman–Crippen LogP) is 24.1. The smallest absolute Gasteiger partial charge is 0.306 e. The van der Waals surface area contributed by atoms with E-state index in [4.69, 9.17) is 14.2 Å². The molecule has 0 bridgehead atoms. The summed E-state index contributed by atoms with van der Waals surface area (Å²) in [4.78, 5) is 38.4. The third-order valence-electron chi connectivity index (χ3n) is 15.4. The number of carbonyl (C=O) groups excluding carboxylic acids is 3. The normalized spacial score (nSPS) is 12.5. The van der Waals surface area contributed by atoms with Gasteiger partial charge in [-0.25, -0.2) is 0 Å². The third-order valence-corrected chi connectivity index (χ3v) is 15.4. The first-order chi connectivity index (χ1) is 39.5. The van der Waals surface area contributed by atoms with E-state index in [1.807, 2.05) is 0 Å². The summed E-state index contributed by atoms with van der Waals surface area (Å²) in [5.74, 6) is -0.868. The van der Waals surface area contributed by atoms with Crippen LogP contribution in [0.25, 0.3) is 0 Å². The van der Waals surface area contributed by atoms with Gasteiger partial charge in [0.1, 0.15) is 13.2 Å². The Morgan fingerprint density at radius 3 is 0.775 bits per heavy atom. The van der Waals surface area contributed by atoms with Crippen molar-refractivity contribution < 1.29 is 28.6 Å². The van der Waals surface area contributed by atoms with Crippen LogP contribution >= 0.6 is 0 Å². The molecule has 0 saturated heterocycles. The van der Waals surface area contributed by atoms with Crippen LogP contribution in [-0.2, 0) is 28.6 Å². The van der Waals surface area contributed by atoms with E-state index in [1.54, 1.807) is 0 Å². The molecule has 0 fully saturated rings. The molecule has 0 saturated carbocycles. The average Bonchev–Trinajstić information content (AvgIpc) is 3.46. The molecule has 464 valence electrons. The van der Waals surface area contributed by atoms with Crippen molar-refractivity contribution in [2.45, 2.75) is 367 Å². The predicted molar refractivity (Wildman–Crippen MR) is 348 cm³/mol. The van der Waals surface area contributed by atoms with Crippen molar-refractivity contribution in [3.05, 3.63) is 72.9 Å². The Balaban J connectivity index is 4.25. The summed E-state index contributed by atoms with van der Waals surface area (Å²) in [5.41, 5.74) is 0. The molecule has 0 aromatic rings. The molecule has 0 aliphatic rings. The summed E-state index contributed by atoms with van der Waals surface area (Å²) in [7, 11) is 0. The minimum absolute atomic E-state index is 0.0761. The quantitative estimate of drug-likeness (QED) is 0.0261. The van der Waals surface area contributed by atoms with E-state index in [-0.39, 0.29) is 31.1 Å². The number of hydrogen-bond acceptors (Lipinski definition) is 6. The molecule has 0 amide bonds. The molecule has 0 aromatic heterocycles. The molecule has 0 aliphatic heterocycles. The molecule has 0 N–H and O–H groups in total. The molecule has 0 aromatic carbocycles. The second-order valence-electron chi connectivity index (χ2n) is 23.4. The minimum Gasteiger partial charge on any atom is -0.462 e. The zero-order valence-electron chi connectivity index (χ0n) is 53.3. The molecule has 0 radical (unpaired) electrons. The summed E-state index contributed by atoms with van der Waals surface area (Å²) >= 11 is 0. The summed E-state index contributed by atoms with van der Waals surface area (Å²) in [6, 6.07) is 0. The fourth-order valence-corrected chi connectivity index (χ4v) is 10.2. The number of hydrogen-bond donors (Lipinski definition) is 0. The van der Waals surface area contributed by atoms with Crippen LogP contribution in [0.3, 0.4) is 0 Å². The summed E-state index contributed by atoms with van der Waals surface area (Å²) in [5, 5.41) is 0. The van der Waals surface area contributed by atoms with E-state index in [2.05, 4.69) is 93.7 Å². The second kappa shape index (κ2) is 68.3. The first-order valence-electron chi connectivity index (χ1n) is 34.9. The Morgan fingerprint density at radius 2 is 0.487 bits per heavy atom. The van der Waals surface area contributed by atoms with E-state index in [0.29, 0.717) is 19.3 Å². The molecule has 0 aliphatic carbocycles. The highest BCUT2D eigenvalue weighted by Gasteiger charge is 2.19. The number of unbranched alkanes of at least 4 members (excludes halogenated alkanes) is 41. The highest BCUT2D eigenvalue weighted by molar-refractivity contribution is 5.71. The van der Waals surface area contributed by atoms with E-state index in [0.717, 1.165) is 89.9 Å². The monoisotopic (exact) mass is 1120 g/mol. The van der Waals surface area contributed by atoms with Gasteiger partial charge in [-0.1, -0.05) is 306 Å². The second-order valence-corrected chi connectivity index (χ2v) is 23.4. The van der Waals surface area contributed by atoms with Crippen molar-refractivity contribution in [1.82, 2.24) is 0 Å². The number of esters is 3. The van der Waals surface area contributed by atoms with Crippen molar-refractivity contribution in [3.8, 4) is 0 Å². The standard InChI is InChI=1S/C74H132O6/c1-4-7-10-13-16-19-22-25-28-30-32-33-34-35-36-37-38-39-40-41-42-44-46-49-52-55-58-61-64-67-73(76)79-70-71(69-78-72(75)66-63-60-57-54-51-48-45-27-24-21-18-15-12-9-6-3)80-74(77)68-65-62-59-56-53-50-47-43-31-29-26-23-20-17-14-11-8-5-2/h7,10,16,19,25,27-29,31-33,45,71H,4-6,8-9,11-15,17-18,20-24,26,30,34-44,46-70H2,1-3H3/b10-7-,19-16-,28-25-,31-29-,33-32-,45-27-. The van der Waals surface area contributed by atoms with Crippen molar-refractivity contribution >= 4 is 17.9 Å². The van der Waals surface area contributed by atoms with Gasteiger partial charge in [-0.2, -0.15) is 0 Å². The Kier molecular flexibility index (Phi) is 65.7. The van der Waals surface area contributed by atoms with Gasteiger partial charge in [-0.15, -0.1) is 0 Å². The Morgan fingerprint density at radius 1 is 0.263 bits per heavy atom. The van der Waals surface area contributed by atoms with Gasteiger partial charge in [0, 0.05) is 19.3 Å². The molecule has 1 atom stereocenters. The van der Waals surface area contributed by atoms with Crippen LogP contribution in [0.5, 0.6) is 0 Å². The Labute approximate surface area is 497 Å². The molecule has 80 heavy (non-hydrogen) atoms. The molecule has 0 spiro atoms. The summed E-state index contributed by atoms with van der Waals surface area (Å²) in [6.45, 7) is 6.56. The molecule has 1 unspecified atom stereocenters. The van der Waals surface area contributed by atoms with Crippen LogP contribution in [-0.4, -0.2) is 37.2 Å². The highest BCUT2D eigenvalue weighted by atomic mass is 16.6. The van der Waals surface area contributed by atoms with E-state index < -0.39 is 6.10 Å². The fraction of sp³-hybridized carbons (Fsp3) is 0.797. The van der Waals surface area contributed by atoms with Crippen LogP contribution < -0.4 is 0 Å². The van der Waals surface area contributed by atoms with Crippen molar-refractivity contribution in [2.24, 2.45) is 0 Å². The molecule has 0 rings (SSSR count). The molecular formula is C74H132O6. The van der Waals surface area contributed by atoms with E-state index in [1.165, 1.54) is 231 Å². The van der Waals surface area contributed by atoms with Crippen LogP contribution in [0.15, 0.2) is 72.9 Å². The van der Waals surface area contributed by atoms with Gasteiger partial charge in [0.05, 0.1) is 0 Å². The zero-order valence-corrected chi connectivity index (χ0v) is 53.3. The zero-order chi connectivity index (χ0) is 57.8. The lowest BCUT2D eigenvalue weighted by atomic mass is 10.0. The highest BCUT2D eigenvalue weighted by Crippen LogP contribution is 2.17. The van der Waals surface area contributed by atoms with Crippen LogP contribution in [0.2, 0.25) is 0 Å². The lowest BCUT2D eigenvalue weighted by Crippen LogP contribution is -2.30. The van der Waals surface area contributed by atoms with Gasteiger partial charge in [-0.05, 0) is 109 Å². The van der Waals surface area contributed by atoms with Gasteiger partial charge in [0.15, 0.2) is 6.10 Å². The Hall–Kier alpha value is -3.15. The Bertz CT molecular complexity index is 1470. The summed E-state index contributed by atoms with van der Waals surface area (Å²) in [6.07, 6.45) is 89.2. The van der Waals surface area contributed by atoms with E-state index in [9.17, 15) is 14.4 Å². The van der Waals surface area contributed by atoms with Gasteiger partial charge in [0.25, 0.3) is 0 Å². The van der Waals surface area contributed by atoms with Gasteiger partial charge in [0.2, 0.25) is 0 Å². The first kappa shape index (κ1) is 76.9. The third kappa shape index (κ3) is 65.7. The lowest BCUT2D eigenvalue weighted by molar-refractivity contribution is -0.167. The largest absolute Gasteiger partial charge is 0.462 e. The molecule has 6 heteroatoms. The van der Waals surface area contributed by atoms with Crippen LogP contribution in [0.4, 0.5) is 0 Å². The topological polar surface area (TPSA) is 78.9 Å². The van der Waals surface area contributed by atoms with Gasteiger partial charge < -0.3 is 14.2 Å². The van der Waals surface area contributed by atoms with Gasteiger partial charge >= 0.3 is 17.9 Å². The average molecular weight is 1120 g/mol. The maximum Gasteiger partial charge on any atom is 0.306 e. The van der Waals surface area contributed by atoms with Crippen molar-refractivity contribution in [3.63, 3.8) is 0 Å². The number of ether oxygens (including phenoxy) is 3. The maximum absolute atomic E-state index is 12.9. The first-order valence-corrected chi connectivity index (χ1v) is 34.9. The molecule has 0 heterocycles. The van der Waals surface area contributed by atoms with Crippen LogP contribution in [0, 0.1) is 0 Å². The van der Waals surface area contributed by atoms with Crippen molar-refractivity contribution in [1.29, 1.82) is 0 Å². The number of allylic oxidation sites excluding steroid dienone is 12. The SMILES string of the molecule is CC/C=C\C/C=C\C/C=C\C/C=C\CCCCCCCCCCCCCCCCCCC(=O)OCC(COC(=O)CCCCCCC/C=C\CCCCCCCC)OC(=O)CCCCCCCCC/C=C\CCCCCCCCC. The van der Waals surface area contributed by atoms with Gasteiger partial charge in [-0.3, -0.25) is 14.4 Å². The fourth-order valence-electron chi connectivity index (χ4n) is 10.2. The number of carbonyl (C=O) groups is 3. The molecule has 6 nitrogen and oxygen atoms in total. The van der Waals surface area contributed by atoms with E-state index >= 15 is 0 Å². The minimum atomic E-state index is -0.781. The lowest BCUT2D eigenvalue weighted by Gasteiger charge is -2.18. The maximum atomic E-state index is 12.9.